The fraction of sp³-hybridized carbons (Fsp3) is 0.625. The van der Waals surface area contributed by atoms with Gasteiger partial charge in [0.25, 0.3) is 0 Å². The molecule has 0 saturated heterocycles. The molecule has 0 aliphatic carbocycles. The first-order valence-corrected chi connectivity index (χ1v) is 4.22. The summed E-state index contributed by atoms with van der Waals surface area (Å²) in [6.07, 6.45) is 2.16. The Bertz CT molecular complexity index is 293. The van der Waals surface area contributed by atoms with Gasteiger partial charge in [0.05, 0.1) is 5.69 Å². The fourth-order valence-corrected chi connectivity index (χ4v) is 1.61. The lowest BCUT2D eigenvalue weighted by atomic mass is 10.2. The zero-order chi connectivity index (χ0) is 8.55. The van der Waals surface area contributed by atoms with E-state index < -0.39 is 0 Å². The molecule has 0 unspecified atom stereocenters. The van der Waals surface area contributed by atoms with Crippen molar-refractivity contribution in [2.24, 2.45) is 7.05 Å². The summed E-state index contributed by atoms with van der Waals surface area (Å²) in [5.74, 6) is 1.82. The zero-order valence-corrected chi connectivity index (χ0v) is 7.17. The maximum absolute atomic E-state index is 8.96. The largest absolute Gasteiger partial charge is 0.388 e. The molecule has 2 N–H and O–H groups in total. The van der Waals surface area contributed by atoms with Gasteiger partial charge in [-0.1, -0.05) is 0 Å². The van der Waals surface area contributed by atoms with Crippen molar-refractivity contribution in [3.63, 3.8) is 0 Å². The maximum Gasteiger partial charge on any atom is 0.136 e. The van der Waals surface area contributed by atoms with Crippen molar-refractivity contribution < 1.29 is 5.11 Å². The first-order chi connectivity index (χ1) is 5.83. The number of hydrogen-bond donors (Lipinski definition) is 2. The van der Waals surface area contributed by atoms with Crippen LogP contribution in [0, 0.1) is 0 Å². The molecule has 0 radical (unpaired) electrons. The number of nitrogens with one attached hydrogen (secondary N) is 1. The van der Waals surface area contributed by atoms with Gasteiger partial charge in [-0.15, -0.1) is 0 Å². The summed E-state index contributed by atoms with van der Waals surface area (Å²) in [5.41, 5.74) is 1.09. The van der Waals surface area contributed by atoms with Crippen LogP contribution in [0.4, 0.5) is 5.82 Å². The summed E-state index contributed by atoms with van der Waals surface area (Å²) < 4.78 is 1.93. The third-order valence-corrected chi connectivity index (χ3v) is 2.28. The van der Waals surface area contributed by atoms with Gasteiger partial charge in [-0.05, 0) is 12.8 Å². The predicted octanol–water partition coefficient (Wildman–Crippen LogP) is 0.270. The van der Waals surface area contributed by atoms with Gasteiger partial charge in [0, 0.05) is 13.6 Å². The molecule has 0 saturated carbocycles. The second-order valence-electron chi connectivity index (χ2n) is 3.07. The molecule has 0 fully saturated rings. The van der Waals surface area contributed by atoms with Crippen molar-refractivity contribution >= 4 is 5.82 Å². The van der Waals surface area contributed by atoms with Crippen molar-refractivity contribution in [2.45, 2.75) is 19.4 Å². The van der Waals surface area contributed by atoms with Gasteiger partial charge in [0.2, 0.25) is 0 Å². The van der Waals surface area contributed by atoms with Gasteiger partial charge in [-0.2, -0.15) is 0 Å². The standard InChI is InChI=1S/C8H13N3O/c1-11-7(5-12)10-6-3-2-4-9-8(6)11/h9,12H,2-5H2,1H3. The summed E-state index contributed by atoms with van der Waals surface area (Å²) in [4.78, 5) is 4.32. The molecule has 2 heterocycles. The summed E-state index contributed by atoms with van der Waals surface area (Å²) in [7, 11) is 1.93. The van der Waals surface area contributed by atoms with Gasteiger partial charge in [-0.25, -0.2) is 4.98 Å². The van der Waals surface area contributed by atoms with Crippen LogP contribution in [0.5, 0.6) is 0 Å². The normalized spacial score (nSPS) is 15.5. The SMILES string of the molecule is Cn1c(CO)nc2c1NCCC2. The molecule has 1 aliphatic heterocycles. The number of imidazole rings is 1. The van der Waals surface area contributed by atoms with E-state index in [2.05, 4.69) is 10.3 Å². The minimum absolute atomic E-state index is 0.0190. The lowest BCUT2D eigenvalue weighted by Crippen LogP contribution is -2.13. The molecular formula is C8H13N3O. The third-order valence-electron chi connectivity index (χ3n) is 2.28. The van der Waals surface area contributed by atoms with E-state index in [1.807, 2.05) is 11.6 Å². The molecule has 0 amide bonds. The first-order valence-electron chi connectivity index (χ1n) is 4.22. The topological polar surface area (TPSA) is 50.1 Å². The van der Waals surface area contributed by atoms with Gasteiger partial charge >= 0.3 is 0 Å². The Hall–Kier alpha value is -1.03. The minimum atomic E-state index is 0.0190. The minimum Gasteiger partial charge on any atom is -0.388 e. The monoisotopic (exact) mass is 167 g/mol. The summed E-state index contributed by atoms with van der Waals surface area (Å²) in [5, 5.41) is 12.2. The Balaban J connectivity index is 2.44. The summed E-state index contributed by atoms with van der Waals surface area (Å²) in [6.45, 7) is 1.03. The highest BCUT2D eigenvalue weighted by molar-refractivity contribution is 5.45. The second kappa shape index (κ2) is 2.79. The molecule has 12 heavy (non-hydrogen) atoms. The zero-order valence-electron chi connectivity index (χ0n) is 7.17. The number of nitrogens with zero attached hydrogens (tertiary/aromatic N) is 2. The van der Waals surface area contributed by atoms with Gasteiger partial charge in [0.15, 0.2) is 0 Å². The molecule has 1 aromatic rings. The molecular weight excluding hydrogens is 154 g/mol. The van der Waals surface area contributed by atoms with Crippen LogP contribution in [0.2, 0.25) is 0 Å². The van der Waals surface area contributed by atoms with E-state index >= 15 is 0 Å². The summed E-state index contributed by atoms with van der Waals surface area (Å²) in [6, 6.07) is 0. The molecule has 2 rings (SSSR count). The maximum atomic E-state index is 8.96. The van der Waals surface area contributed by atoms with Crippen molar-refractivity contribution in [2.75, 3.05) is 11.9 Å². The van der Waals surface area contributed by atoms with Crippen LogP contribution in [0.1, 0.15) is 17.9 Å². The van der Waals surface area contributed by atoms with Crippen LogP contribution in [0.3, 0.4) is 0 Å². The molecule has 4 nitrogen and oxygen atoms in total. The molecule has 1 aromatic heterocycles. The van der Waals surface area contributed by atoms with E-state index in [0.717, 1.165) is 36.7 Å². The second-order valence-corrected chi connectivity index (χ2v) is 3.07. The number of aliphatic hydroxyl groups excluding tert-OH is 1. The van der Waals surface area contributed by atoms with Crippen LogP contribution in [-0.2, 0) is 20.1 Å². The van der Waals surface area contributed by atoms with Gasteiger partial charge < -0.3 is 15.0 Å². The molecule has 0 atom stereocenters. The van der Waals surface area contributed by atoms with Crippen LogP contribution >= 0.6 is 0 Å². The number of aryl methyl sites for hydroxylation is 1. The Kier molecular flexibility index (Phi) is 1.77. The fourth-order valence-electron chi connectivity index (χ4n) is 1.61. The average Bonchev–Trinajstić information content (AvgIpc) is 2.44. The summed E-state index contributed by atoms with van der Waals surface area (Å²) >= 11 is 0. The van der Waals surface area contributed by atoms with Crippen LogP contribution in [0.25, 0.3) is 0 Å². The van der Waals surface area contributed by atoms with E-state index in [1.54, 1.807) is 0 Å². The van der Waals surface area contributed by atoms with Crippen molar-refractivity contribution in [1.29, 1.82) is 0 Å². The highest BCUT2D eigenvalue weighted by atomic mass is 16.3. The average molecular weight is 167 g/mol. The van der Waals surface area contributed by atoms with E-state index in [4.69, 9.17) is 5.11 Å². The first kappa shape index (κ1) is 7.61. The molecule has 0 bridgehead atoms. The molecule has 4 heteroatoms. The lowest BCUT2D eigenvalue weighted by molar-refractivity contribution is 0.267. The highest BCUT2D eigenvalue weighted by Crippen LogP contribution is 2.21. The Labute approximate surface area is 71.2 Å². The van der Waals surface area contributed by atoms with Crippen molar-refractivity contribution in [3.05, 3.63) is 11.5 Å². The van der Waals surface area contributed by atoms with E-state index in [1.165, 1.54) is 0 Å². The number of aromatic nitrogens is 2. The number of anilines is 1. The molecule has 1 aliphatic rings. The van der Waals surface area contributed by atoms with E-state index in [-0.39, 0.29) is 6.61 Å². The third kappa shape index (κ3) is 0.992. The Morgan fingerprint density at radius 1 is 1.67 bits per heavy atom. The Morgan fingerprint density at radius 3 is 3.17 bits per heavy atom. The van der Waals surface area contributed by atoms with Crippen molar-refractivity contribution in [1.82, 2.24) is 9.55 Å². The quantitative estimate of drug-likeness (QED) is 0.631. The number of aliphatic hydroxyl groups is 1. The van der Waals surface area contributed by atoms with Crippen LogP contribution in [0.15, 0.2) is 0 Å². The molecule has 0 aromatic carbocycles. The van der Waals surface area contributed by atoms with Crippen LogP contribution in [-0.4, -0.2) is 21.2 Å². The molecule has 66 valence electrons. The number of hydrogen-bond acceptors (Lipinski definition) is 3. The predicted molar refractivity (Wildman–Crippen MR) is 45.9 cm³/mol. The van der Waals surface area contributed by atoms with E-state index in [9.17, 15) is 0 Å². The highest BCUT2D eigenvalue weighted by Gasteiger charge is 2.16. The smallest absolute Gasteiger partial charge is 0.136 e. The van der Waals surface area contributed by atoms with Gasteiger partial charge in [-0.3, -0.25) is 0 Å². The molecule has 0 spiro atoms. The number of fused-ring (bicyclic) bond motifs is 1. The van der Waals surface area contributed by atoms with Crippen molar-refractivity contribution in [3.8, 4) is 0 Å². The lowest BCUT2D eigenvalue weighted by Gasteiger charge is -2.13. The van der Waals surface area contributed by atoms with E-state index in [0.29, 0.717) is 0 Å². The Morgan fingerprint density at radius 2 is 2.50 bits per heavy atom. The van der Waals surface area contributed by atoms with Crippen LogP contribution < -0.4 is 5.32 Å². The van der Waals surface area contributed by atoms with Gasteiger partial charge in [0.1, 0.15) is 18.2 Å². The number of rotatable bonds is 1.